The Hall–Kier alpha value is -1.10. The first-order valence-corrected chi connectivity index (χ1v) is 8.48. The number of nitrogens with zero attached hydrogens (tertiary/aromatic N) is 3. The summed E-state index contributed by atoms with van der Waals surface area (Å²) in [5, 5.41) is 0. The molecule has 0 aromatic carbocycles. The van der Waals surface area contributed by atoms with Gasteiger partial charge >= 0.3 is 0 Å². The van der Waals surface area contributed by atoms with Crippen molar-refractivity contribution in [2.24, 2.45) is 0 Å². The van der Waals surface area contributed by atoms with Crippen molar-refractivity contribution in [1.29, 1.82) is 0 Å². The van der Waals surface area contributed by atoms with E-state index in [0.29, 0.717) is 5.88 Å². The molecule has 0 aliphatic carbocycles. The van der Waals surface area contributed by atoms with E-state index in [9.17, 15) is 0 Å². The van der Waals surface area contributed by atoms with Crippen LogP contribution in [0.4, 0.5) is 0 Å². The second-order valence-corrected chi connectivity index (χ2v) is 7.08. The molecule has 6 heteroatoms. The van der Waals surface area contributed by atoms with Crippen LogP contribution in [-0.2, 0) is 6.42 Å². The van der Waals surface area contributed by atoms with Crippen molar-refractivity contribution < 1.29 is 0 Å². The third-order valence-corrected chi connectivity index (χ3v) is 5.16. The molecule has 0 fully saturated rings. The largest absolute Gasteiger partial charge is 0.304 e. The van der Waals surface area contributed by atoms with Crippen LogP contribution in [0.3, 0.4) is 0 Å². The summed E-state index contributed by atoms with van der Waals surface area (Å²) < 4.78 is 2.97. The molecular formula is C15H15Cl2N3S. The zero-order valence-corrected chi connectivity index (χ0v) is 14.1. The molecule has 0 aliphatic heterocycles. The highest BCUT2D eigenvalue weighted by atomic mass is 35.5. The minimum Gasteiger partial charge on any atom is -0.304 e. The molecule has 0 amide bonds. The Kier molecular flexibility index (Phi) is 4.20. The Labute approximate surface area is 137 Å². The van der Waals surface area contributed by atoms with Crippen molar-refractivity contribution in [2.75, 3.05) is 5.88 Å². The number of rotatable bonds is 4. The average Bonchev–Trinajstić information content (AvgIpc) is 3.03. The molecule has 0 bridgehead atoms. The standard InChI is InChI=1S/C15H15Cl2N3S/c1-9-6-8-18-15-14(9)19-13(5-7-16)20(15)10(2)11-3-4-12(17)21-11/h3-4,6,8,10H,5,7H2,1-2H3. The summed E-state index contributed by atoms with van der Waals surface area (Å²) in [7, 11) is 0. The summed E-state index contributed by atoms with van der Waals surface area (Å²) >= 11 is 13.6. The van der Waals surface area contributed by atoms with Gasteiger partial charge in [0.2, 0.25) is 0 Å². The maximum Gasteiger partial charge on any atom is 0.160 e. The maximum atomic E-state index is 6.07. The van der Waals surface area contributed by atoms with E-state index in [1.807, 2.05) is 18.3 Å². The van der Waals surface area contributed by atoms with Gasteiger partial charge in [-0.15, -0.1) is 22.9 Å². The zero-order valence-electron chi connectivity index (χ0n) is 11.8. The first kappa shape index (κ1) is 14.8. The topological polar surface area (TPSA) is 30.7 Å². The average molecular weight is 340 g/mol. The molecule has 3 heterocycles. The molecule has 0 radical (unpaired) electrons. The summed E-state index contributed by atoms with van der Waals surface area (Å²) in [5.41, 5.74) is 2.99. The van der Waals surface area contributed by atoms with Crippen molar-refractivity contribution in [1.82, 2.24) is 14.5 Å². The van der Waals surface area contributed by atoms with Gasteiger partial charge in [-0.05, 0) is 37.6 Å². The summed E-state index contributed by atoms with van der Waals surface area (Å²) in [5.74, 6) is 1.51. The molecule has 1 unspecified atom stereocenters. The van der Waals surface area contributed by atoms with Crippen LogP contribution in [0.5, 0.6) is 0 Å². The van der Waals surface area contributed by atoms with Gasteiger partial charge in [-0.1, -0.05) is 11.6 Å². The fraction of sp³-hybridized carbons (Fsp3) is 0.333. The van der Waals surface area contributed by atoms with Crippen LogP contribution in [0.25, 0.3) is 11.2 Å². The third kappa shape index (κ3) is 2.68. The number of fused-ring (bicyclic) bond motifs is 1. The molecular weight excluding hydrogens is 325 g/mol. The van der Waals surface area contributed by atoms with Crippen LogP contribution in [0, 0.1) is 6.92 Å². The normalized spacial score (nSPS) is 13.0. The Morgan fingerprint density at radius 1 is 1.33 bits per heavy atom. The van der Waals surface area contributed by atoms with E-state index < -0.39 is 0 Å². The zero-order chi connectivity index (χ0) is 15.0. The molecule has 0 spiro atoms. The van der Waals surface area contributed by atoms with Gasteiger partial charge in [-0.3, -0.25) is 0 Å². The molecule has 3 rings (SSSR count). The van der Waals surface area contributed by atoms with Crippen molar-refractivity contribution >= 4 is 45.7 Å². The van der Waals surface area contributed by atoms with Crippen LogP contribution in [0.15, 0.2) is 24.4 Å². The number of pyridine rings is 1. The second kappa shape index (κ2) is 5.95. The number of imidazole rings is 1. The molecule has 0 aliphatic rings. The lowest BCUT2D eigenvalue weighted by molar-refractivity contribution is 0.628. The highest BCUT2D eigenvalue weighted by Crippen LogP contribution is 2.32. The first-order valence-electron chi connectivity index (χ1n) is 6.75. The quantitative estimate of drug-likeness (QED) is 0.636. The van der Waals surface area contributed by atoms with Gasteiger partial charge < -0.3 is 4.57 Å². The Balaban J connectivity index is 2.19. The maximum absolute atomic E-state index is 6.07. The highest BCUT2D eigenvalue weighted by Gasteiger charge is 2.20. The van der Waals surface area contributed by atoms with Gasteiger partial charge in [0.25, 0.3) is 0 Å². The Morgan fingerprint density at radius 2 is 2.14 bits per heavy atom. The molecule has 0 saturated carbocycles. The minimum atomic E-state index is 0.139. The molecule has 1 atom stereocenters. The predicted octanol–water partition coefficient (Wildman–Crippen LogP) is 4.85. The highest BCUT2D eigenvalue weighted by molar-refractivity contribution is 7.16. The monoisotopic (exact) mass is 339 g/mol. The van der Waals surface area contributed by atoms with Crippen molar-refractivity contribution in [2.45, 2.75) is 26.3 Å². The third-order valence-electron chi connectivity index (χ3n) is 3.56. The molecule has 3 aromatic rings. The van der Waals surface area contributed by atoms with Gasteiger partial charge in [-0.25, -0.2) is 9.97 Å². The van der Waals surface area contributed by atoms with Crippen molar-refractivity contribution in [3.05, 3.63) is 45.0 Å². The number of hydrogen-bond donors (Lipinski definition) is 0. The summed E-state index contributed by atoms with van der Waals surface area (Å²) in [6, 6.07) is 6.11. The molecule has 0 N–H and O–H groups in total. The van der Waals surface area contributed by atoms with Crippen LogP contribution in [-0.4, -0.2) is 20.4 Å². The van der Waals surface area contributed by atoms with Crippen LogP contribution in [0.1, 0.15) is 29.2 Å². The first-order chi connectivity index (χ1) is 10.1. The molecule has 0 saturated heterocycles. The fourth-order valence-electron chi connectivity index (χ4n) is 2.50. The van der Waals surface area contributed by atoms with Crippen LogP contribution in [0.2, 0.25) is 4.34 Å². The van der Waals surface area contributed by atoms with Gasteiger partial charge in [-0.2, -0.15) is 0 Å². The van der Waals surface area contributed by atoms with Gasteiger partial charge in [0.1, 0.15) is 11.3 Å². The lowest BCUT2D eigenvalue weighted by Crippen LogP contribution is -2.10. The lowest BCUT2D eigenvalue weighted by Gasteiger charge is -2.15. The van der Waals surface area contributed by atoms with E-state index in [-0.39, 0.29) is 6.04 Å². The Bertz CT molecular complexity index is 778. The van der Waals surface area contributed by atoms with E-state index in [1.54, 1.807) is 11.3 Å². The lowest BCUT2D eigenvalue weighted by atomic mass is 10.2. The summed E-state index contributed by atoms with van der Waals surface area (Å²) in [6.07, 6.45) is 2.55. The Morgan fingerprint density at radius 3 is 2.81 bits per heavy atom. The number of aryl methyl sites for hydroxylation is 2. The SMILES string of the molecule is Cc1ccnc2c1nc(CCCl)n2C(C)c1ccc(Cl)s1. The van der Waals surface area contributed by atoms with Gasteiger partial charge in [0, 0.05) is 23.4 Å². The number of aromatic nitrogens is 3. The number of halogens is 2. The molecule has 3 aromatic heterocycles. The van der Waals surface area contributed by atoms with Gasteiger partial charge in [0.05, 0.1) is 10.4 Å². The second-order valence-electron chi connectivity index (χ2n) is 4.95. The number of alkyl halides is 1. The van der Waals surface area contributed by atoms with E-state index in [1.165, 1.54) is 4.88 Å². The molecule has 3 nitrogen and oxygen atoms in total. The fourth-order valence-corrected chi connectivity index (χ4v) is 3.78. The van der Waals surface area contributed by atoms with E-state index in [2.05, 4.69) is 29.5 Å². The number of hydrogen-bond acceptors (Lipinski definition) is 3. The minimum absolute atomic E-state index is 0.139. The van der Waals surface area contributed by atoms with E-state index >= 15 is 0 Å². The van der Waals surface area contributed by atoms with E-state index in [0.717, 1.165) is 33.3 Å². The van der Waals surface area contributed by atoms with Crippen LogP contribution >= 0.6 is 34.5 Å². The number of thiophene rings is 1. The smallest absolute Gasteiger partial charge is 0.160 e. The summed E-state index contributed by atoms with van der Waals surface area (Å²) in [6.45, 7) is 4.20. The van der Waals surface area contributed by atoms with Gasteiger partial charge in [0.15, 0.2) is 5.65 Å². The van der Waals surface area contributed by atoms with E-state index in [4.69, 9.17) is 28.2 Å². The van der Waals surface area contributed by atoms with Crippen molar-refractivity contribution in [3.8, 4) is 0 Å². The molecule has 110 valence electrons. The predicted molar refractivity (Wildman–Crippen MR) is 89.8 cm³/mol. The van der Waals surface area contributed by atoms with Crippen molar-refractivity contribution in [3.63, 3.8) is 0 Å². The molecule has 21 heavy (non-hydrogen) atoms. The van der Waals surface area contributed by atoms with Crippen LogP contribution < -0.4 is 0 Å². The summed E-state index contributed by atoms with van der Waals surface area (Å²) in [4.78, 5) is 10.5.